The average molecular weight is 361 g/mol. The van der Waals surface area contributed by atoms with E-state index < -0.39 is 0 Å². The number of nitrogens with one attached hydrogen (secondary N) is 2. The molecule has 2 fully saturated rings. The number of guanidine groups is 1. The number of nitrogens with zero attached hydrogens (tertiary/aromatic N) is 1. The lowest BCUT2D eigenvalue weighted by atomic mass is 9.57. The first-order chi connectivity index (χ1) is 12.5. The maximum Gasteiger partial charge on any atom is 0.191 e. The van der Waals surface area contributed by atoms with E-state index in [2.05, 4.69) is 31.4 Å². The molecule has 1 aromatic carbocycles. The lowest BCUT2D eigenvalue weighted by molar-refractivity contribution is -0.106. The Hall–Kier alpha value is -1.95. The number of hydrogen-bond acceptors (Lipinski definition) is 4. The summed E-state index contributed by atoms with van der Waals surface area (Å²) in [5.74, 6) is 2.98. The highest BCUT2D eigenvalue weighted by atomic mass is 16.5. The van der Waals surface area contributed by atoms with Gasteiger partial charge in [0.15, 0.2) is 5.96 Å². The van der Waals surface area contributed by atoms with Crippen LogP contribution < -0.4 is 20.1 Å². The van der Waals surface area contributed by atoms with Crippen molar-refractivity contribution in [3.63, 3.8) is 0 Å². The fourth-order valence-corrected chi connectivity index (χ4v) is 4.23. The van der Waals surface area contributed by atoms with Crippen LogP contribution in [0.25, 0.3) is 0 Å². The summed E-state index contributed by atoms with van der Waals surface area (Å²) in [4.78, 5) is 4.78. The number of rotatable bonds is 6. The number of hydrogen-bond donors (Lipinski definition) is 2. The fraction of sp³-hybridized carbons (Fsp3) is 0.650. The predicted molar refractivity (Wildman–Crippen MR) is 103 cm³/mol. The molecule has 2 N–H and O–H groups in total. The van der Waals surface area contributed by atoms with Crippen LogP contribution in [-0.2, 0) is 11.3 Å². The van der Waals surface area contributed by atoms with Gasteiger partial charge in [0, 0.05) is 42.2 Å². The van der Waals surface area contributed by atoms with Crippen LogP contribution in [-0.4, -0.2) is 45.5 Å². The lowest BCUT2D eigenvalue weighted by Gasteiger charge is -2.54. The van der Waals surface area contributed by atoms with Crippen molar-refractivity contribution < 1.29 is 14.2 Å². The molecule has 1 aliphatic heterocycles. The van der Waals surface area contributed by atoms with E-state index in [1.165, 1.54) is 0 Å². The van der Waals surface area contributed by atoms with Gasteiger partial charge in [-0.15, -0.1) is 0 Å². The fourth-order valence-electron chi connectivity index (χ4n) is 4.23. The monoisotopic (exact) mass is 361 g/mol. The van der Waals surface area contributed by atoms with E-state index in [1.54, 1.807) is 14.2 Å². The quantitative estimate of drug-likeness (QED) is 0.602. The Morgan fingerprint density at radius 1 is 1.31 bits per heavy atom. The van der Waals surface area contributed by atoms with Crippen LogP contribution in [0.2, 0.25) is 0 Å². The molecule has 3 atom stereocenters. The Bertz CT molecular complexity index is 660. The Labute approximate surface area is 156 Å². The number of ether oxygens (including phenoxy) is 3. The second-order valence-electron chi connectivity index (χ2n) is 7.56. The summed E-state index contributed by atoms with van der Waals surface area (Å²) in [6.45, 7) is 8.86. The molecular formula is C20H31N3O3. The second kappa shape index (κ2) is 7.74. The van der Waals surface area contributed by atoms with Gasteiger partial charge in [0.25, 0.3) is 0 Å². The van der Waals surface area contributed by atoms with Crippen molar-refractivity contribution in [2.75, 3.05) is 27.4 Å². The minimum atomic E-state index is 0.120. The predicted octanol–water partition coefficient (Wildman–Crippen LogP) is 2.57. The van der Waals surface area contributed by atoms with E-state index >= 15 is 0 Å². The summed E-state index contributed by atoms with van der Waals surface area (Å²) < 4.78 is 16.6. The van der Waals surface area contributed by atoms with Crippen LogP contribution in [0, 0.1) is 11.3 Å². The molecule has 1 aromatic rings. The smallest absolute Gasteiger partial charge is 0.191 e. The summed E-state index contributed by atoms with van der Waals surface area (Å²) >= 11 is 0. The normalized spacial score (nSPS) is 26.7. The molecule has 3 rings (SSSR count). The van der Waals surface area contributed by atoms with Gasteiger partial charge in [-0.3, -0.25) is 0 Å². The average Bonchev–Trinajstić information content (AvgIpc) is 3.11. The van der Waals surface area contributed by atoms with Crippen molar-refractivity contribution >= 4 is 5.96 Å². The van der Waals surface area contributed by atoms with Gasteiger partial charge in [-0.25, -0.2) is 4.99 Å². The second-order valence-corrected chi connectivity index (χ2v) is 7.56. The maximum atomic E-state index is 5.89. The van der Waals surface area contributed by atoms with Crippen molar-refractivity contribution in [1.82, 2.24) is 10.6 Å². The molecule has 0 spiro atoms. The summed E-state index contributed by atoms with van der Waals surface area (Å²) in [6, 6.07) is 6.20. The molecule has 3 unspecified atom stereocenters. The largest absolute Gasteiger partial charge is 0.497 e. The van der Waals surface area contributed by atoms with Crippen molar-refractivity contribution in [1.29, 1.82) is 0 Å². The zero-order valence-corrected chi connectivity index (χ0v) is 16.5. The molecular weight excluding hydrogens is 330 g/mol. The third-order valence-electron chi connectivity index (χ3n) is 5.64. The summed E-state index contributed by atoms with van der Waals surface area (Å²) in [5, 5.41) is 7.00. The Morgan fingerprint density at radius 3 is 2.81 bits per heavy atom. The maximum absolute atomic E-state index is 5.89. The van der Waals surface area contributed by atoms with E-state index in [-0.39, 0.29) is 5.41 Å². The van der Waals surface area contributed by atoms with Gasteiger partial charge < -0.3 is 24.8 Å². The number of benzene rings is 1. The highest BCUT2D eigenvalue weighted by molar-refractivity contribution is 5.80. The molecule has 6 heteroatoms. The van der Waals surface area contributed by atoms with Crippen LogP contribution in [0.1, 0.15) is 32.8 Å². The molecule has 26 heavy (non-hydrogen) atoms. The zero-order chi connectivity index (χ0) is 18.7. The molecule has 0 radical (unpaired) electrons. The van der Waals surface area contributed by atoms with Gasteiger partial charge >= 0.3 is 0 Å². The Morgan fingerprint density at radius 2 is 2.12 bits per heavy atom. The first-order valence-electron chi connectivity index (χ1n) is 9.38. The molecule has 1 aliphatic carbocycles. The van der Waals surface area contributed by atoms with Crippen LogP contribution in [0.3, 0.4) is 0 Å². The minimum absolute atomic E-state index is 0.120. The molecule has 1 saturated carbocycles. The Balaban J connectivity index is 1.72. The van der Waals surface area contributed by atoms with E-state index in [9.17, 15) is 0 Å². The summed E-state index contributed by atoms with van der Waals surface area (Å²) in [5.41, 5.74) is 1.15. The number of methoxy groups -OCH3 is 2. The van der Waals surface area contributed by atoms with Crippen LogP contribution in [0.4, 0.5) is 0 Å². The molecule has 1 heterocycles. The third kappa shape index (κ3) is 3.47. The van der Waals surface area contributed by atoms with Crippen molar-refractivity contribution in [2.24, 2.45) is 16.3 Å². The molecule has 144 valence electrons. The third-order valence-corrected chi connectivity index (χ3v) is 5.64. The SMILES string of the molecule is CCNC(=NCc1ccc(OC)cc1OC)NC1C2CCOC2C1(C)C. The zero-order valence-electron chi connectivity index (χ0n) is 16.5. The molecule has 1 saturated heterocycles. The van der Waals surface area contributed by atoms with E-state index in [0.29, 0.717) is 24.6 Å². The van der Waals surface area contributed by atoms with Gasteiger partial charge in [-0.05, 0) is 25.5 Å². The van der Waals surface area contributed by atoms with Crippen LogP contribution in [0.15, 0.2) is 23.2 Å². The molecule has 0 aromatic heterocycles. The van der Waals surface area contributed by atoms with E-state index in [1.807, 2.05) is 18.2 Å². The lowest BCUT2D eigenvalue weighted by Crippen LogP contribution is -2.67. The number of fused-ring (bicyclic) bond motifs is 1. The van der Waals surface area contributed by atoms with Crippen molar-refractivity contribution in [2.45, 2.75) is 45.9 Å². The Kier molecular flexibility index (Phi) is 5.61. The van der Waals surface area contributed by atoms with E-state index in [0.717, 1.165) is 42.6 Å². The molecule has 0 amide bonds. The van der Waals surface area contributed by atoms with Crippen LogP contribution >= 0.6 is 0 Å². The molecule has 2 aliphatic rings. The van der Waals surface area contributed by atoms with Crippen molar-refractivity contribution in [3.8, 4) is 11.5 Å². The summed E-state index contributed by atoms with van der Waals surface area (Å²) in [7, 11) is 3.32. The van der Waals surface area contributed by atoms with Gasteiger partial charge in [0.1, 0.15) is 11.5 Å². The topological polar surface area (TPSA) is 64.1 Å². The van der Waals surface area contributed by atoms with Gasteiger partial charge in [0.05, 0.1) is 26.9 Å². The van der Waals surface area contributed by atoms with Crippen LogP contribution in [0.5, 0.6) is 11.5 Å². The van der Waals surface area contributed by atoms with Crippen molar-refractivity contribution in [3.05, 3.63) is 23.8 Å². The highest BCUT2D eigenvalue weighted by Gasteiger charge is 2.59. The van der Waals surface area contributed by atoms with Gasteiger partial charge in [-0.2, -0.15) is 0 Å². The highest BCUT2D eigenvalue weighted by Crippen LogP contribution is 2.52. The first-order valence-corrected chi connectivity index (χ1v) is 9.38. The van der Waals surface area contributed by atoms with E-state index in [4.69, 9.17) is 19.2 Å². The van der Waals surface area contributed by atoms with Gasteiger partial charge in [-0.1, -0.05) is 13.8 Å². The van der Waals surface area contributed by atoms with Gasteiger partial charge in [0.2, 0.25) is 0 Å². The first kappa shape index (κ1) is 18.8. The summed E-state index contributed by atoms with van der Waals surface area (Å²) in [6.07, 6.45) is 1.49. The minimum Gasteiger partial charge on any atom is -0.497 e. The number of aliphatic imine (C=N–C) groups is 1. The molecule has 6 nitrogen and oxygen atoms in total. The standard InChI is InChI=1S/C20H31N3O3/c1-6-21-19(23-17-15-9-10-26-18(15)20(17,2)3)22-12-13-7-8-14(24-4)11-16(13)25-5/h7-8,11,15,17-18H,6,9-10,12H2,1-5H3,(H2,21,22,23). The molecule has 0 bridgehead atoms.